The summed E-state index contributed by atoms with van der Waals surface area (Å²) in [5.74, 6) is 1.50. The summed E-state index contributed by atoms with van der Waals surface area (Å²) in [7, 11) is 0. The molecular formula is C23H22ClN3O. The van der Waals surface area contributed by atoms with Gasteiger partial charge < -0.3 is 4.74 Å². The smallest absolute Gasteiger partial charge is 0.138 e. The molecule has 0 radical (unpaired) electrons. The van der Waals surface area contributed by atoms with Gasteiger partial charge in [0.2, 0.25) is 0 Å². The van der Waals surface area contributed by atoms with E-state index in [9.17, 15) is 5.26 Å². The molecule has 0 bridgehead atoms. The SMILES string of the molecule is Cc1nccc(C(C)Oc2ccc(C(C)(C)c3cc(Cl)cc(C#N)c3)cc2)n1. The maximum atomic E-state index is 9.22. The van der Waals surface area contributed by atoms with Crippen molar-refractivity contribution in [1.82, 2.24) is 9.97 Å². The molecule has 0 amide bonds. The van der Waals surface area contributed by atoms with E-state index in [1.165, 1.54) is 0 Å². The average Bonchev–Trinajstić information content (AvgIpc) is 2.68. The predicted molar refractivity (Wildman–Crippen MR) is 111 cm³/mol. The monoisotopic (exact) mass is 391 g/mol. The lowest BCUT2D eigenvalue weighted by Gasteiger charge is -2.27. The zero-order valence-electron chi connectivity index (χ0n) is 16.4. The van der Waals surface area contributed by atoms with E-state index in [0.717, 1.165) is 28.4 Å². The van der Waals surface area contributed by atoms with Gasteiger partial charge in [-0.25, -0.2) is 9.97 Å². The van der Waals surface area contributed by atoms with Crippen LogP contribution < -0.4 is 4.74 Å². The van der Waals surface area contributed by atoms with Gasteiger partial charge in [0, 0.05) is 16.6 Å². The lowest BCUT2D eigenvalue weighted by molar-refractivity contribution is 0.221. The highest BCUT2D eigenvalue weighted by molar-refractivity contribution is 6.30. The Morgan fingerprint density at radius 2 is 1.79 bits per heavy atom. The number of aryl methyl sites for hydroxylation is 1. The van der Waals surface area contributed by atoms with E-state index >= 15 is 0 Å². The summed E-state index contributed by atoms with van der Waals surface area (Å²) < 4.78 is 6.03. The van der Waals surface area contributed by atoms with Gasteiger partial charge in [0.05, 0.1) is 17.3 Å². The molecular weight excluding hydrogens is 370 g/mol. The van der Waals surface area contributed by atoms with Crippen LogP contribution in [-0.4, -0.2) is 9.97 Å². The summed E-state index contributed by atoms with van der Waals surface area (Å²) in [6.45, 7) is 8.06. The number of halogens is 1. The summed E-state index contributed by atoms with van der Waals surface area (Å²) in [5.41, 5.74) is 3.21. The quantitative estimate of drug-likeness (QED) is 0.553. The molecule has 142 valence electrons. The molecule has 2 aromatic carbocycles. The van der Waals surface area contributed by atoms with Crippen LogP contribution in [0.15, 0.2) is 54.7 Å². The Balaban J connectivity index is 1.82. The topological polar surface area (TPSA) is 58.8 Å². The van der Waals surface area contributed by atoms with Gasteiger partial charge in [-0.15, -0.1) is 0 Å². The molecule has 0 spiro atoms. The van der Waals surface area contributed by atoms with Crippen LogP contribution in [0, 0.1) is 18.3 Å². The van der Waals surface area contributed by atoms with Crippen molar-refractivity contribution in [2.24, 2.45) is 0 Å². The first-order chi connectivity index (χ1) is 13.3. The minimum Gasteiger partial charge on any atom is -0.484 e. The van der Waals surface area contributed by atoms with Crippen molar-refractivity contribution in [1.29, 1.82) is 5.26 Å². The summed E-state index contributed by atoms with van der Waals surface area (Å²) in [4.78, 5) is 8.53. The van der Waals surface area contributed by atoms with Crippen molar-refractivity contribution < 1.29 is 4.74 Å². The first-order valence-corrected chi connectivity index (χ1v) is 9.45. The molecule has 28 heavy (non-hydrogen) atoms. The molecule has 5 heteroatoms. The molecule has 0 aliphatic heterocycles. The molecule has 1 unspecified atom stereocenters. The van der Waals surface area contributed by atoms with Crippen LogP contribution in [0.3, 0.4) is 0 Å². The van der Waals surface area contributed by atoms with Crippen LogP contribution >= 0.6 is 11.6 Å². The van der Waals surface area contributed by atoms with Crippen LogP contribution in [-0.2, 0) is 5.41 Å². The number of nitrogens with zero attached hydrogens (tertiary/aromatic N) is 3. The van der Waals surface area contributed by atoms with E-state index in [0.29, 0.717) is 10.6 Å². The van der Waals surface area contributed by atoms with Crippen molar-refractivity contribution in [3.8, 4) is 11.8 Å². The normalized spacial score (nSPS) is 12.3. The van der Waals surface area contributed by atoms with Crippen LogP contribution in [0.25, 0.3) is 0 Å². The minimum atomic E-state index is -0.301. The molecule has 0 fully saturated rings. The number of nitriles is 1. The maximum absolute atomic E-state index is 9.22. The zero-order chi connectivity index (χ0) is 20.3. The minimum absolute atomic E-state index is 0.174. The number of rotatable bonds is 5. The fourth-order valence-corrected chi connectivity index (χ4v) is 3.33. The molecule has 3 rings (SSSR count). The summed E-state index contributed by atoms with van der Waals surface area (Å²) in [5, 5.41) is 9.79. The van der Waals surface area contributed by atoms with Gasteiger partial charge in [0.15, 0.2) is 0 Å². The van der Waals surface area contributed by atoms with Crippen molar-refractivity contribution in [3.63, 3.8) is 0 Å². The van der Waals surface area contributed by atoms with Gasteiger partial charge in [0.1, 0.15) is 17.7 Å². The Labute approximate surface area is 170 Å². The van der Waals surface area contributed by atoms with Crippen LogP contribution in [0.5, 0.6) is 5.75 Å². The van der Waals surface area contributed by atoms with Crippen LogP contribution in [0.4, 0.5) is 0 Å². The Morgan fingerprint density at radius 3 is 2.43 bits per heavy atom. The van der Waals surface area contributed by atoms with Crippen LogP contribution in [0.2, 0.25) is 5.02 Å². The number of hydrogen-bond acceptors (Lipinski definition) is 4. The second-order valence-electron chi connectivity index (χ2n) is 7.28. The highest BCUT2D eigenvalue weighted by Gasteiger charge is 2.24. The summed E-state index contributed by atoms with van der Waals surface area (Å²) in [6.07, 6.45) is 1.57. The van der Waals surface area contributed by atoms with Crippen molar-refractivity contribution >= 4 is 11.6 Å². The average molecular weight is 392 g/mol. The van der Waals surface area contributed by atoms with Gasteiger partial charge in [0.25, 0.3) is 0 Å². The molecule has 1 aromatic heterocycles. The highest BCUT2D eigenvalue weighted by atomic mass is 35.5. The van der Waals surface area contributed by atoms with Gasteiger partial charge in [-0.2, -0.15) is 5.26 Å². The first kappa shape index (κ1) is 19.9. The molecule has 1 atom stereocenters. The standard InChI is InChI=1S/C23H22ClN3O/c1-15(22-9-10-26-16(2)27-22)28-21-7-5-18(6-8-21)23(3,4)19-11-17(14-25)12-20(24)13-19/h5-13,15H,1-4H3. The van der Waals surface area contributed by atoms with Crippen molar-refractivity contribution in [3.05, 3.63) is 88.0 Å². The molecule has 0 N–H and O–H groups in total. The molecule has 0 saturated heterocycles. The Bertz CT molecular complexity index is 1020. The van der Waals surface area contributed by atoms with E-state index < -0.39 is 0 Å². The lowest BCUT2D eigenvalue weighted by Crippen LogP contribution is -2.19. The van der Waals surface area contributed by atoms with Gasteiger partial charge >= 0.3 is 0 Å². The van der Waals surface area contributed by atoms with Crippen molar-refractivity contribution in [2.75, 3.05) is 0 Å². The maximum Gasteiger partial charge on any atom is 0.138 e. The number of hydrogen-bond donors (Lipinski definition) is 0. The molecule has 0 aliphatic carbocycles. The van der Waals surface area contributed by atoms with Gasteiger partial charge in [-0.1, -0.05) is 37.6 Å². The summed E-state index contributed by atoms with van der Waals surface area (Å²) in [6, 6.07) is 17.5. The third-order valence-electron chi connectivity index (χ3n) is 4.85. The lowest BCUT2D eigenvalue weighted by atomic mass is 9.78. The highest BCUT2D eigenvalue weighted by Crippen LogP contribution is 2.34. The Kier molecular flexibility index (Phi) is 5.67. The van der Waals surface area contributed by atoms with E-state index in [2.05, 4.69) is 29.9 Å². The van der Waals surface area contributed by atoms with Crippen molar-refractivity contribution in [2.45, 2.75) is 39.2 Å². The fourth-order valence-electron chi connectivity index (χ4n) is 3.10. The molecule has 4 nitrogen and oxygen atoms in total. The van der Waals surface area contributed by atoms with E-state index in [1.807, 2.05) is 56.3 Å². The second-order valence-corrected chi connectivity index (χ2v) is 7.71. The second kappa shape index (κ2) is 8.00. The third-order valence-corrected chi connectivity index (χ3v) is 5.07. The fraction of sp³-hybridized carbons (Fsp3) is 0.261. The third kappa shape index (κ3) is 4.32. The van der Waals surface area contributed by atoms with E-state index in [1.54, 1.807) is 12.3 Å². The Morgan fingerprint density at radius 1 is 1.07 bits per heavy atom. The molecule has 3 aromatic rings. The molecule has 0 saturated carbocycles. The number of benzene rings is 2. The first-order valence-electron chi connectivity index (χ1n) is 9.07. The number of ether oxygens (including phenoxy) is 1. The molecule has 0 aliphatic rings. The molecule has 1 heterocycles. The van der Waals surface area contributed by atoms with Gasteiger partial charge in [-0.3, -0.25) is 0 Å². The summed E-state index contributed by atoms with van der Waals surface area (Å²) >= 11 is 6.19. The Hall–Kier alpha value is -2.90. The van der Waals surface area contributed by atoms with Crippen LogP contribution in [0.1, 0.15) is 55.1 Å². The van der Waals surface area contributed by atoms with E-state index in [-0.39, 0.29) is 11.5 Å². The largest absolute Gasteiger partial charge is 0.484 e. The predicted octanol–water partition coefficient (Wildman–Crippen LogP) is 5.78. The van der Waals surface area contributed by atoms with E-state index in [4.69, 9.17) is 16.3 Å². The van der Waals surface area contributed by atoms with Gasteiger partial charge in [-0.05, 0) is 61.4 Å². The number of aromatic nitrogens is 2. The zero-order valence-corrected chi connectivity index (χ0v) is 17.2.